The lowest BCUT2D eigenvalue weighted by molar-refractivity contribution is -0.0972. The van der Waals surface area contributed by atoms with E-state index in [2.05, 4.69) is 36.0 Å². The SMILES string of the molecule is CN=C(NCC1(C)COC1)N1CCC(C)(C)C1.I. The molecule has 2 aliphatic rings. The molecule has 0 saturated carbocycles. The summed E-state index contributed by atoms with van der Waals surface area (Å²) in [5.74, 6) is 1.05. The molecule has 2 heterocycles. The Morgan fingerprint density at radius 3 is 2.39 bits per heavy atom. The lowest BCUT2D eigenvalue weighted by atomic mass is 9.89. The van der Waals surface area contributed by atoms with Gasteiger partial charge in [-0.3, -0.25) is 4.99 Å². The third-order valence-electron chi connectivity index (χ3n) is 3.76. The number of rotatable bonds is 2. The largest absolute Gasteiger partial charge is 0.380 e. The van der Waals surface area contributed by atoms with Crippen LogP contribution in [0.25, 0.3) is 0 Å². The molecule has 1 N–H and O–H groups in total. The molecule has 0 aromatic rings. The number of guanidine groups is 1. The van der Waals surface area contributed by atoms with Crippen LogP contribution < -0.4 is 5.32 Å². The minimum atomic E-state index is 0. The van der Waals surface area contributed by atoms with Crippen LogP contribution in [0.4, 0.5) is 0 Å². The first-order chi connectivity index (χ1) is 7.94. The van der Waals surface area contributed by atoms with Gasteiger partial charge in [0.25, 0.3) is 0 Å². The van der Waals surface area contributed by atoms with E-state index in [9.17, 15) is 0 Å². The second-order valence-corrected chi connectivity index (χ2v) is 6.54. The lowest BCUT2D eigenvalue weighted by Crippen LogP contribution is -2.51. The fourth-order valence-electron chi connectivity index (χ4n) is 2.47. The summed E-state index contributed by atoms with van der Waals surface area (Å²) in [5.41, 5.74) is 0.715. The monoisotopic (exact) mass is 367 g/mol. The molecule has 2 rings (SSSR count). The van der Waals surface area contributed by atoms with Crippen LogP contribution in [0.15, 0.2) is 4.99 Å². The molecule has 0 atom stereocenters. The Labute approximate surface area is 128 Å². The van der Waals surface area contributed by atoms with Crippen LogP contribution in [0.5, 0.6) is 0 Å². The highest BCUT2D eigenvalue weighted by molar-refractivity contribution is 14.0. The van der Waals surface area contributed by atoms with E-state index in [0.717, 1.165) is 38.8 Å². The van der Waals surface area contributed by atoms with Gasteiger partial charge in [0.05, 0.1) is 13.2 Å². The van der Waals surface area contributed by atoms with Crippen LogP contribution in [-0.4, -0.2) is 50.8 Å². The fraction of sp³-hybridized carbons (Fsp3) is 0.923. The van der Waals surface area contributed by atoms with E-state index in [0.29, 0.717) is 10.8 Å². The van der Waals surface area contributed by atoms with Crippen molar-refractivity contribution in [3.63, 3.8) is 0 Å². The Kier molecular flexibility index (Phi) is 5.29. The van der Waals surface area contributed by atoms with Crippen molar-refractivity contribution in [2.24, 2.45) is 15.8 Å². The van der Waals surface area contributed by atoms with Crippen molar-refractivity contribution in [1.29, 1.82) is 0 Å². The normalized spacial score (nSPS) is 25.3. The number of hydrogen-bond acceptors (Lipinski definition) is 2. The van der Waals surface area contributed by atoms with E-state index in [1.807, 2.05) is 7.05 Å². The summed E-state index contributed by atoms with van der Waals surface area (Å²) >= 11 is 0. The van der Waals surface area contributed by atoms with Gasteiger partial charge in [-0.1, -0.05) is 20.8 Å². The first-order valence-corrected chi connectivity index (χ1v) is 6.48. The summed E-state index contributed by atoms with van der Waals surface area (Å²) in [6.45, 7) is 11.8. The second-order valence-electron chi connectivity index (χ2n) is 6.54. The standard InChI is InChI=1S/C13H25N3O.HI/c1-12(2)5-6-16(8-12)11(14-4)15-7-13(3)9-17-10-13;/h5-10H2,1-4H3,(H,14,15);1H. The van der Waals surface area contributed by atoms with Gasteiger partial charge in [0.2, 0.25) is 0 Å². The Hall–Kier alpha value is -0.0400. The van der Waals surface area contributed by atoms with Crippen LogP contribution in [0.3, 0.4) is 0 Å². The molecule has 0 bridgehead atoms. The molecule has 2 aliphatic heterocycles. The quantitative estimate of drug-likeness (QED) is 0.461. The van der Waals surface area contributed by atoms with Gasteiger partial charge in [-0.15, -0.1) is 24.0 Å². The van der Waals surface area contributed by atoms with Gasteiger partial charge >= 0.3 is 0 Å². The predicted molar refractivity (Wildman–Crippen MR) is 85.7 cm³/mol. The smallest absolute Gasteiger partial charge is 0.193 e. The van der Waals surface area contributed by atoms with Crippen LogP contribution in [-0.2, 0) is 4.74 Å². The molecule has 5 heteroatoms. The number of ether oxygens (including phenoxy) is 1. The lowest BCUT2D eigenvalue weighted by Gasteiger charge is -2.39. The molecular weight excluding hydrogens is 341 g/mol. The van der Waals surface area contributed by atoms with Crippen LogP contribution >= 0.6 is 24.0 Å². The van der Waals surface area contributed by atoms with E-state index < -0.39 is 0 Å². The van der Waals surface area contributed by atoms with Gasteiger partial charge in [-0.05, 0) is 11.8 Å². The highest BCUT2D eigenvalue weighted by Crippen LogP contribution is 2.29. The first-order valence-electron chi connectivity index (χ1n) is 6.48. The van der Waals surface area contributed by atoms with E-state index in [-0.39, 0.29) is 24.0 Å². The number of likely N-dealkylation sites (tertiary alicyclic amines) is 1. The molecule has 0 aliphatic carbocycles. The molecule has 0 spiro atoms. The minimum Gasteiger partial charge on any atom is -0.380 e. The zero-order chi connectivity index (χ0) is 12.5. The number of aliphatic imine (C=N–C) groups is 1. The van der Waals surface area contributed by atoms with Gasteiger partial charge in [-0.2, -0.15) is 0 Å². The highest BCUT2D eigenvalue weighted by Gasteiger charge is 2.35. The summed E-state index contributed by atoms with van der Waals surface area (Å²) in [7, 11) is 1.87. The fourth-order valence-corrected chi connectivity index (χ4v) is 2.47. The Morgan fingerprint density at radius 2 is 2.00 bits per heavy atom. The Bertz CT molecular complexity index is 313. The average Bonchev–Trinajstić information content (AvgIpc) is 2.57. The molecule has 4 nitrogen and oxygen atoms in total. The van der Waals surface area contributed by atoms with Crippen molar-refractivity contribution >= 4 is 29.9 Å². The van der Waals surface area contributed by atoms with Crippen LogP contribution in [0, 0.1) is 10.8 Å². The van der Waals surface area contributed by atoms with Crippen LogP contribution in [0.1, 0.15) is 27.2 Å². The maximum atomic E-state index is 5.27. The van der Waals surface area contributed by atoms with Gasteiger partial charge in [0.1, 0.15) is 0 Å². The van der Waals surface area contributed by atoms with Crippen LogP contribution in [0.2, 0.25) is 0 Å². The summed E-state index contributed by atoms with van der Waals surface area (Å²) in [4.78, 5) is 6.75. The molecule has 0 radical (unpaired) electrons. The topological polar surface area (TPSA) is 36.9 Å². The average molecular weight is 367 g/mol. The minimum absolute atomic E-state index is 0. The summed E-state index contributed by atoms with van der Waals surface area (Å²) < 4.78 is 5.27. The molecule has 0 aromatic carbocycles. The summed E-state index contributed by atoms with van der Waals surface area (Å²) in [6.07, 6.45) is 1.24. The van der Waals surface area contributed by atoms with Gasteiger partial charge in [0, 0.05) is 32.1 Å². The van der Waals surface area contributed by atoms with Crippen molar-refractivity contribution in [2.45, 2.75) is 27.2 Å². The molecule has 18 heavy (non-hydrogen) atoms. The zero-order valence-electron chi connectivity index (χ0n) is 12.0. The van der Waals surface area contributed by atoms with E-state index in [4.69, 9.17) is 4.74 Å². The van der Waals surface area contributed by atoms with E-state index >= 15 is 0 Å². The van der Waals surface area contributed by atoms with Crippen molar-refractivity contribution in [3.8, 4) is 0 Å². The summed E-state index contributed by atoms with van der Waals surface area (Å²) in [6, 6.07) is 0. The highest BCUT2D eigenvalue weighted by atomic mass is 127. The molecule has 2 saturated heterocycles. The zero-order valence-corrected chi connectivity index (χ0v) is 14.3. The van der Waals surface area contributed by atoms with Gasteiger partial charge in [0.15, 0.2) is 5.96 Å². The molecule has 0 aromatic heterocycles. The first kappa shape index (κ1) is 16.0. The third kappa shape index (κ3) is 3.73. The molecule has 0 amide bonds. The number of nitrogens with one attached hydrogen (secondary N) is 1. The van der Waals surface area contributed by atoms with Crippen molar-refractivity contribution in [3.05, 3.63) is 0 Å². The molecular formula is C13H26IN3O. The summed E-state index contributed by atoms with van der Waals surface area (Å²) in [5, 5.41) is 3.49. The molecule has 106 valence electrons. The van der Waals surface area contributed by atoms with E-state index in [1.165, 1.54) is 6.42 Å². The van der Waals surface area contributed by atoms with Crippen molar-refractivity contribution in [1.82, 2.24) is 10.2 Å². The number of halogens is 1. The van der Waals surface area contributed by atoms with Crippen molar-refractivity contribution < 1.29 is 4.74 Å². The third-order valence-corrected chi connectivity index (χ3v) is 3.76. The van der Waals surface area contributed by atoms with Gasteiger partial charge in [-0.25, -0.2) is 0 Å². The molecule has 0 unspecified atom stereocenters. The maximum absolute atomic E-state index is 5.27. The Morgan fingerprint density at radius 1 is 1.33 bits per heavy atom. The number of hydrogen-bond donors (Lipinski definition) is 1. The van der Waals surface area contributed by atoms with E-state index in [1.54, 1.807) is 0 Å². The predicted octanol–water partition coefficient (Wildman–Crippen LogP) is 1.95. The maximum Gasteiger partial charge on any atom is 0.193 e. The second kappa shape index (κ2) is 5.94. The number of nitrogens with zero attached hydrogens (tertiary/aromatic N) is 2. The van der Waals surface area contributed by atoms with Gasteiger partial charge < -0.3 is 15.0 Å². The molecule has 2 fully saturated rings. The van der Waals surface area contributed by atoms with Crippen molar-refractivity contribution in [2.75, 3.05) is 39.9 Å². The Balaban J connectivity index is 0.00000162.